The van der Waals surface area contributed by atoms with E-state index >= 15 is 0 Å². The molecule has 0 saturated heterocycles. The summed E-state index contributed by atoms with van der Waals surface area (Å²) in [5.74, 6) is -0.207. The largest absolute Gasteiger partial charge is 0.472 e. The van der Waals surface area contributed by atoms with Crippen LogP contribution in [0.4, 0.5) is 0 Å². The highest BCUT2D eigenvalue weighted by Gasteiger charge is 2.27. The Morgan fingerprint density at radius 2 is 1.43 bits per heavy atom. The highest BCUT2D eigenvalue weighted by atomic mass is 31.2. The minimum atomic E-state index is -4.32. The quantitative estimate of drug-likeness (QED) is 0.0386. The summed E-state index contributed by atoms with van der Waals surface area (Å²) in [6.45, 7) is 4.52. The number of aliphatic hydroxyl groups is 1. The van der Waals surface area contributed by atoms with Gasteiger partial charge in [-0.05, 0) is 51.4 Å². The van der Waals surface area contributed by atoms with Gasteiger partial charge in [0.2, 0.25) is 5.91 Å². The standard InChI is InChI=1S/C33H61N2O6P/c1-6-8-10-12-13-14-15-16-17-18-19-20-21-23-25-27-33(37)34-31(32(36)26-24-22-11-9-7-2)30-41-42(38,39)40-29-28-35(3,4)5/h8,10,13-14,16-17,24,26,31-32,36H,6-7,9,11-12,15,18-23,25,27-30H2,1-5H3,(H-,34,37,38,39)/p+1/b10-8-,14-13-,17-16-,26-24+. The van der Waals surface area contributed by atoms with E-state index < -0.39 is 20.0 Å². The molecule has 3 unspecified atom stereocenters. The number of hydrogen-bond donors (Lipinski definition) is 3. The van der Waals surface area contributed by atoms with Crippen molar-refractivity contribution in [3.05, 3.63) is 48.6 Å². The number of carbonyl (C=O) groups is 1. The highest BCUT2D eigenvalue weighted by molar-refractivity contribution is 7.47. The molecule has 0 heterocycles. The number of aliphatic hydroxyl groups excluding tert-OH is 1. The lowest BCUT2D eigenvalue weighted by Crippen LogP contribution is -2.45. The van der Waals surface area contributed by atoms with Gasteiger partial charge in [0.25, 0.3) is 0 Å². The minimum Gasteiger partial charge on any atom is -0.387 e. The second-order valence-corrected chi connectivity index (χ2v) is 13.3. The summed E-state index contributed by atoms with van der Waals surface area (Å²) >= 11 is 0. The smallest absolute Gasteiger partial charge is 0.387 e. The number of phosphoric ester groups is 1. The maximum atomic E-state index is 12.6. The van der Waals surface area contributed by atoms with Crippen molar-refractivity contribution < 1.29 is 32.9 Å². The predicted molar refractivity (Wildman–Crippen MR) is 175 cm³/mol. The van der Waals surface area contributed by atoms with E-state index in [9.17, 15) is 19.4 Å². The maximum Gasteiger partial charge on any atom is 0.472 e. The van der Waals surface area contributed by atoms with Gasteiger partial charge >= 0.3 is 7.82 Å². The van der Waals surface area contributed by atoms with Gasteiger partial charge in [0.05, 0.1) is 39.9 Å². The van der Waals surface area contributed by atoms with Crippen LogP contribution < -0.4 is 5.32 Å². The van der Waals surface area contributed by atoms with Crippen LogP contribution in [0, 0.1) is 0 Å². The van der Waals surface area contributed by atoms with Gasteiger partial charge in [-0.1, -0.05) is 94.6 Å². The van der Waals surface area contributed by atoms with E-state index in [1.807, 2.05) is 27.2 Å². The molecular formula is C33H62N2O6P+. The Morgan fingerprint density at radius 1 is 0.833 bits per heavy atom. The fourth-order valence-electron chi connectivity index (χ4n) is 3.93. The van der Waals surface area contributed by atoms with Crippen LogP contribution in [-0.2, 0) is 18.4 Å². The zero-order valence-corrected chi connectivity index (χ0v) is 28.1. The van der Waals surface area contributed by atoms with E-state index in [0.29, 0.717) is 17.4 Å². The van der Waals surface area contributed by atoms with Gasteiger partial charge in [-0.15, -0.1) is 0 Å². The Labute approximate surface area is 257 Å². The van der Waals surface area contributed by atoms with E-state index in [1.54, 1.807) is 6.08 Å². The van der Waals surface area contributed by atoms with Gasteiger partial charge in [0, 0.05) is 6.42 Å². The molecular weight excluding hydrogens is 551 g/mol. The summed E-state index contributed by atoms with van der Waals surface area (Å²) in [5, 5.41) is 13.5. The SMILES string of the molecule is CC/C=C\C/C=C\C/C=C\CCCCCCCC(=O)NC(COP(=O)(O)OCC[N+](C)(C)C)C(O)/C=C/CCCCC. The number of phosphoric acid groups is 1. The fourth-order valence-corrected chi connectivity index (χ4v) is 4.67. The van der Waals surface area contributed by atoms with Crippen molar-refractivity contribution in [2.45, 2.75) is 116 Å². The molecule has 0 aliphatic carbocycles. The second kappa shape index (κ2) is 25.9. The molecule has 0 fully saturated rings. The Morgan fingerprint density at radius 3 is 2.10 bits per heavy atom. The van der Waals surface area contributed by atoms with Gasteiger partial charge in [-0.25, -0.2) is 4.57 Å². The van der Waals surface area contributed by atoms with Crippen molar-refractivity contribution in [2.75, 3.05) is 40.9 Å². The topological polar surface area (TPSA) is 105 Å². The lowest BCUT2D eigenvalue weighted by molar-refractivity contribution is -0.870. The summed E-state index contributed by atoms with van der Waals surface area (Å²) in [7, 11) is 1.54. The molecule has 0 aromatic heterocycles. The number of carbonyl (C=O) groups excluding carboxylic acids is 1. The Hall–Kier alpha value is -1.54. The van der Waals surface area contributed by atoms with Crippen LogP contribution in [0.5, 0.6) is 0 Å². The molecule has 3 atom stereocenters. The van der Waals surface area contributed by atoms with Crippen molar-refractivity contribution in [1.29, 1.82) is 0 Å². The molecule has 0 saturated carbocycles. The molecule has 0 radical (unpaired) electrons. The van der Waals surface area contributed by atoms with Crippen LogP contribution in [-0.4, -0.2) is 73.4 Å². The third-order valence-electron chi connectivity index (χ3n) is 6.55. The zero-order valence-electron chi connectivity index (χ0n) is 27.2. The van der Waals surface area contributed by atoms with Crippen LogP contribution in [0.25, 0.3) is 0 Å². The average molecular weight is 614 g/mol. The van der Waals surface area contributed by atoms with Crippen molar-refractivity contribution in [3.63, 3.8) is 0 Å². The third-order valence-corrected chi connectivity index (χ3v) is 7.54. The average Bonchev–Trinajstić information content (AvgIpc) is 2.92. The monoisotopic (exact) mass is 613 g/mol. The van der Waals surface area contributed by atoms with Crippen LogP contribution >= 0.6 is 7.82 Å². The highest BCUT2D eigenvalue weighted by Crippen LogP contribution is 2.43. The Bertz CT molecular complexity index is 835. The number of allylic oxidation sites excluding steroid dienone is 7. The summed E-state index contributed by atoms with van der Waals surface area (Å²) in [6, 6.07) is -0.850. The lowest BCUT2D eigenvalue weighted by atomic mass is 10.1. The molecule has 0 aromatic carbocycles. The van der Waals surface area contributed by atoms with Crippen molar-refractivity contribution in [1.82, 2.24) is 5.32 Å². The molecule has 3 N–H and O–H groups in total. The normalized spacial score (nSPS) is 15.7. The maximum absolute atomic E-state index is 12.6. The molecule has 8 nitrogen and oxygen atoms in total. The second-order valence-electron chi connectivity index (χ2n) is 11.8. The van der Waals surface area contributed by atoms with E-state index in [4.69, 9.17) is 9.05 Å². The third kappa shape index (κ3) is 27.3. The number of quaternary nitrogens is 1. The molecule has 0 aliphatic heterocycles. The molecule has 244 valence electrons. The van der Waals surface area contributed by atoms with Gasteiger partial charge in [-0.2, -0.15) is 0 Å². The number of likely N-dealkylation sites (N-methyl/N-ethyl adjacent to an activating group) is 1. The molecule has 0 bridgehead atoms. The first-order valence-corrected chi connectivity index (χ1v) is 17.5. The number of rotatable bonds is 27. The molecule has 42 heavy (non-hydrogen) atoms. The van der Waals surface area contributed by atoms with Crippen molar-refractivity contribution in [3.8, 4) is 0 Å². The Kier molecular flexibility index (Phi) is 25.0. The molecule has 0 spiro atoms. The van der Waals surface area contributed by atoms with Crippen molar-refractivity contribution >= 4 is 13.7 Å². The van der Waals surface area contributed by atoms with Crippen LogP contribution in [0.2, 0.25) is 0 Å². The summed E-state index contributed by atoms with van der Waals surface area (Å²) in [5.41, 5.74) is 0. The Balaban J connectivity index is 4.47. The van der Waals surface area contributed by atoms with E-state index in [1.165, 1.54) is 0 Å². The molecule has 1 amide bonds. The first-order valence-electron chi connectivity index (χ1n) is 16.0. The first-order chi connectivity index (χ1) is 20.0. The van der Waals surface area contributed by atoms with Crippen LogP contribution in [0.3, 0.4) is 0 Å². The zero-order chi connectivity index (χ0) is 31.5. The summed E-state index contributed by atoms with van der Waals surface area (Å²) in [4.78, 5) is 22.7. The summed E-state index contributed by atoms with van der Waals surface area (Å²) in [6.07, 6.45) is 29.3. The lowest BCUT2D eigenvalue weighted by Gasteiger charge is -2.25. The van der Waals surface area contributed by atoms with Crippen LogP contribution in [0.15, 0.2) is 48.6 Å². The number of hydrogen-bond acceptors (Lipinski definition) is 5. The summed E-state index contributed by atoms with van der Waals surface area (Å²) < 4.78 is 23.2. The van der Waals surface area contributed by atoms with Gasteiger partial charge < -0.3 is 19.8 Å². The van der Waals surface area contributed by atoms with Gasteiger partial charge in [0.1, 0.15) is 13.2 Å². The van der Waals surface area contributed by atoms with E-state index in [2.05, 4.69) is 55.6 Å². The van der Waals surface area contributed by atoms with Crippen LogP contribution in [0.1, 0.15) is 104 Å². The van der Waals surface area contributed by atoms with Gasteiger partial charge in [0.15, 0.2) is 0 Å². The van der Waals surface area contributed by atoms with Crippen molar-refractivity contribution in [2.24, 2.45) is 0 Å². The molecule has 0 aliphatic rings. The number of nitrogens with zero attached hydrogens (tertiary/aromatic N) is 1. The first kappa shape index (κ1) is 40.5. The predicted octanol–water partition coefficient (Wildman–Crippen LogP) is 7.40. The fraction of sp³-hybridized carbons (Fsp3) is 0.727. The molecule has 0 rings (SSSR count). The number of nitrogens with one attached hydrogen (secondary N) is 1. The molecule has 0 aromatic rings. The number of unbranched alkanes of at least 4 members (excludes halogenated alkanes) is 8. The van der Waals surface area contributed by atoms with Gasteiger partial charge in [-0.3, -0.25) is 13.8 Å². The number of amides is 1. The van der Waals surface area contributed by atoms with E-state index in [-0.39, 0.29) is 19.1 Å². The minimum absolute atomic E-state index is 0.0546. The van der Waals surface area contributed by atoms with E-state index in [0.717, 1.165) is 83.5 Å². The molecule has 9 heteroatoms.